The van der Waals surface area contributed by atoms with Gasteiger partial charge in [-0.15, -0.1) is 11.3 Å². The summed E-state index contributed by atoms with van der Waals surface area (Å²) in [5.74, 6) is 0.728. The minimum atomic E-state index is -0.565. The number of amides is 1. The molecule has 1 aliphatic heterocycles. The highest BCUT2D eigenvalue weighted by Crippen LogP contribution is 2.14. The third-order valence-electron chi connectivity index (χ3n) is 4.44. The highest BCUT2D eigenvalue weighted by Gasteiger charge is 2.25. The molecular formula is C19H26N4O3S. The van der Waals surface area contributed by atoms with Crippen LogP contribution in [0.15, 0.2) is 35.7 Å². The maximum atomic E-state index is 12.6. The fourth-order valence-electron chi connectivity index (χ4n) is 3.00. The van der Waals surface area contributed by atoms with Crippen molar-refractivity contribution in [1.82, 2.24) is 14.8 Å². The fourth-order valence-corrected chi connectivity index (χ4v) is 3.79. The van der Waals surface area contributed by atoms with E-state index in [9.17, 15) is 9.90 Å². The number of thiazole rings is 1. The van der Waals surface area contributed by atoms with E-state index in [-0.39, 0.29) is 12.5 Å². The Kier molecular flexibility index (Phi) is 7.17. The lowest BCUT2D eigenvalue weighted by atomic mass is 10.2. The summed E-state index contributed by atoms with van der Waals surface area (Å²) in [7, 11) is 0. The number of nitrogens with zero attached hydrogens (tertiary/aromatic N) is 3. The molecule has 1 aliphatic rings. The Morgan fingerprint density at radius 2 is 2.00 bits per heavy atom. The maximum Gasteiger partial charge on any atom is 0.273 e. The summed E-state index contributed by atoms with van der Waals surface area (Å²) in [5, 5.41) is 12.9. The number of ether oxygens (including phenoxy) is 1. The minimum Gasteiger partial charge on any atom is -0.491 e. The number of benzene rings is 1. The molecule has 0 radical (unpaired) electrons. The van der Waals surface area contributed by atoms with E-state index in [1.807, 2.05) is 40.6 Å². The zero-order chi connectivity index (χ0) is 19.1. The number of aromatic nitrogens is 1. The molecule has 1 aromatic carbocycles. The topological polar surface area (TPSA) is 91.9 Å². The molecule has 1 fully saturated rings. The summed E-state index contributed by atoms with van der Waals surface area (Å²) in [5.41, 5.74) is 6.04. The van der Waals surface area contributed by atoms with Gasteiger partial charge in [-0.05, 0) is 18.7 Å². The lowest BCUT2D eigenvalue weighted by Crippen LogP contribution is -2.51. The van der Waals surface area contributed by atoms with Crippen molar-refractivity contribution < 1.29 is 14.6 Å². The number of aliphatic hydroxyl groups is 1. The van der Waals surface area contributed by atoms with Crippen molar-refractivity contribution in [3.05, 3.63) is 46.4 Å². The second kappa shape index (κ2) is 9.80. The van der Waals surface area contributed by atoms with E-state index in [0.717, 1.165) is 23.8 Å². The van der Waals surface area contributed by atoms with Crippen LogP contribution in [0.2, 0.25) is 0 Å². The van der Waals surface area contributed by atoms with Gasteiger partial charge < -0.3 is 20.5 Å². The smallest absolute Gasteiger partial charge is 0.273 e. The van der Waals surface area contributed by atoms with Crippen LogP contribution in [-0.4, -0.2) is 77.8 Å². The zero-order valence-electron chi connectivity index (χ0n) is 15.3. The Bertz CT molecular complexity index is 717. The van der Waals surface area contributed by atoms with Gasteiger partial charge in [0.15, 0.2) is 0 Å². The third kappa shape index (κ3) is 5.74. The van der Waals surface area contributed by atoms with Crippen LogP contribution in [-0.2, 0) is 6.42 Å². The van der Waals surface area contributed by atoms with Crippen LogP contribution in [0.4, 0.5) is 0 Å². The van der Waals surface area contributed by atoms with E-state index in [4.69, 9.17) is 10.5 Å². The van der Waals surface area contributed by atoms with Gasteiger partial charge >= 0.3 is 0 Å². The Morgan fingerprint density at radius 3 is 2.70 bits per heavy atom. The van der Waals surface area contributed by atoms with Crippen LogP contribution in [0.25, 0.3) is 0 Å². The van der Waals surface area contributed by atoms with Crippen LogP contribution < -0.4 is 10.5 Å². The monoisotopic (exact) mass is 390 g/mol. The van der Waals surface area contributed by atoms with Gasteiger partial charge in [-0.1, -0.05) is 18.2 Å². The quantitative estimate of drug-likeness (QED) is 0.694. The molecule has 8 heteroatoms. The molecule has 27 heavy (non-hydrogen) atoms. The molecule has 0 bridgehead atoms. The molecule has 3 rings (SSSR count). The second-order valence-corrected chi connectivity index (χ2v) is 7.48. The van der Waals surface area contributed by atoms with E-state index in [2.05, 4.69) is 9.88 Å². The molecule has 1 unspecified atom stereocenters. The number of hydrogen-bond donors (Lipinski definition) is 2. The molecule has 146 valence electrons. The first-order valence-corrected chi connectivity index (χ1v) is 10.1. The molecular weight excluding hydrogens is 364 g/mol. The number of piperazine rings is 1. The van der Waals surface area contributed by atoms with E-state index in [0.29, 0.717) is 38.3 Å². The Balaban J connectivity index is 1.40. The molecule has 0 saturated carbocycles. The van der Waals surface area contributed by atoms with Crippen LogP contribution in [0.5, 0.6) is 5.75 Å². The van der Waals surface area contributed by atoms with Crippen molar-refractivity contribution in [2.45, 2.75) is 12.5 Å². The molecule has 3 N–H and O–H groups in total. The van der Waals surface area contributed by atoms with Gasteiger partial charge in [-0.25, -0.2) is 4.98 Å². The number of aliphatic hydroxyl groups excluding tert-OH is 1. The molecule has 2 heterocycles. The van der Waals surface area contributed by atoms with Crippen molar-refractivity contribution in [3.63, 3.8) is 0 Å². The molecule has 0 spiro atoms. The molecule has 7 nitrogen and oxygen atoms in total. The Hall–Kier alpha value is -2.00. The summed E-state index contributed by atoms with van der Waals surface area (Å²) in [6.07, 6.45) is 0.138. The van der Waals surface area contributed by atoms with Gasteiger partial charge in [-0.2, -0.15) is 0 Å². The van der Waals surface area contributed by atoms with Gasteiger partial charge in [0.1, 0.15) is 24.2 Å². The number of carbonyl (C=O) groups excluding carboxylic acids is 1. The summed E-state index contributed by atoms with van der Waals surface area (Å²) in [6, 6.07) is 9.47. The third-order valence-corrected chi connectivity index (χ3v) is 5.35. The maximum absolute atomic E-state index is 12.6. The normalized spacial score (nSPS) is 16.3. The summed E-state index contributed by atoms with van der Waals surface area (Å²) in [4.78, 5) is 20.9. The number of hydrogen-bond acceptors (Lipinski definition) is 7. The lowest BCUT2D eigenvalue weighted by molar-refractivity contribution is 0.0401. The summed E-state index contributed by atoms with van der Waals surface area (Å²) >= 11 is 1.48. The van der Waals surface area contributed by atoms with Gasteiger partial charge in [-0.3, -0.25) is 9.69 Å². The van der Waals surface area contributed by atoms with Crippen LogP contribution in [0, 0.1) is 0 Å². The molecule has 1 amide bonds. The average molecular weight is 391 g/mol. The average Bonchev–Trinajstić information content (AvgIpc) is 3.16. The fraction of sp³-hybridized carbons (Fsp3) is 0.474. The van der Waals surface area contributed by atoms with Crippen LogP contribution in [0.1, 0.15) is 15.5 Å². The first-order chi connectivity index (χ1) is 13.2. The van der Waals surface area contributed by atoms with Crippen molar-refractivity contribution in [2.24, 2.45) is 5.73 Å². The van der Waals surface area contributed by atoms with E-state index >= 15 is 0 Å². The summed E-state index contributed by atoms with van der Waals surface area (Å²) < 4.78 is 5.59. The first kappa shape index (κ1) is 19.8. The van der Waals surface area contributed by atoms with Crippen molar-refractivity contribution >= 4 is 17.2 Å². The number of β-amino-alcohol motifs (C(OH)–C–C–N with tert-alkyl or cyclic N) is 1. The Morgan fingerprint density at radius 1 is 1.26 bits per heavy atom. The van der Waals surface area contributed by atoms with E-state index < -0.39 is 6.10 Å². The van der Waals surface area contributed by atoms with Crippen LogP contribution in [0.3, 0.4) is 0 Å². The lowest BCUT2D eigenvalue weighted by Gasteiger charge is -2.35. The van der Waals surface area contributed by atoms with Crippen molar-refractivity contribution in [3.8, 4) is 5.75 Å². The molecule has 1 saturated heterocycles. The van der Waals surface area contributed by atoms with Gasteiger partial charge in [0.2, 0.25) is 0 Å². The number of rotatable bonds is 8. The van der Waals surface area contributed by atoms with Crippen LogP contribution >= 0.6 is 11.3 Å². The number of carbonyl (C=O) groups is 1. The summed E-state index contributed by atoms with van der Waals surface area (Å²) in [6.45, 7) is 4.06. The molecule has 2 aromatic rings. The predicted molar refractivity (Wildman–Crippen MR) is 105 cm³/mol. The van der Waals surface area contributed by atoms with Gasteiger partial charge in [0.25, 0.3) is 5.91 Å². The SMILES string of the molecule is NCCc1nc(C(=O)N2CCN(CC(O)COc3ccccc3)CC2)cs1. The van der Waals surface area contributed by atoms with Gasteiger partial charge in [0, 0.05) is 44.5 Å². The molecule has 0 aliphatic carbocycles. The van der Waals surface area contributed by atoms with Crippen molar-refractivity contribution in [1.29, 1.82) is 0 Å². The van der Waals surface area contributed by atoms with Crippen molar-refractivity contribution in [2.75, 3.05) is 45.9 Å². The van der Waals surface area contributed by atoms with Gasteiger partial charge in [0.05, 0.1) is 5.01 Å². The standard InChI is InChI=1S/C19H26N4O3S/c20-7-6-18-21-17(14-27-18)19(25)23-10-8-22(9-11-23)12-15(24)13-26-16-4-2-1-3-5-16/h1-5,14-15,24H,6-13,20H2. The largest absolute Gasteiger partial charge is 0.491 e. The first-order valence-electron chi connectivity index (χ1n) is 9.17. The van der Waals surface area contributed by atoms with E-state index in [1.165, 1.54) is 11.3 Å². The highest BCUT2D eigenvalue weighted by atomic mass is 32.1. The highest BCUT2D eigenvalue weighted by molar-refractivity contribution is 7.09. The number of para-hydroxylation sites is 1. The molecule has 1 atom stereocenters. The predicted octanol–water partition coefficient (Wildman–Crippen LogP) is 0.842. The van der Waals surface area contributed by atoms with E-state index in [1.54, 1.807) is 0 Å². The number of nitrogens with two attached hydrogens (primary N) is 1. The zero-order valence-corrected chi connectivity index (χ0v) is 16.1. The minimum absolute atomic E-state index is 0.0258. The Labute approximate surface area is 163 Å². The second-order valence-electron chi connectivity index (χ2n) is 6.54. The molecule has 1 aromatic heterocycles.